The Kier molecular flexibility index (Phi) is 6.52. The summed E-state index contributed by atoms with van der Waals surface area (Å²) < 4.78 is 28.9. The molecule has 0 radical (unpaired) electrons. The number of benzene rings is 1. The Morgan fingerprint density at radius 2 is 1.90 bits per heavy atom. The third-order valence-corrected chi connectivity index (χ3v) is 5.64. The van der Waals surface area contributed by atoms with E-state index in [-0.39, 0.29) is 12.6 Å². The molecule has 1 atom stereocenters. The summed E-state index contributed by atoms with van der Waals surface area (Å²) >= 11 is 0. The highest BCUT2D eigenvalue weighted by Crippen LogP contribution is 2.20. The molecule has 0 saturated carbocycles. The number of aliphatic hydroxyl groups excluding tert-OH is 1. The van der Waals surface area contributed by atoms with Crippen LogP contribution in [0.5, 0.6) is 0 Å². The number of nitrogens with zero attached hydrogens (tertiary/aromatic N) is 4. The molecule has 158 valence electrons. The van der Waals surface area contributed by atoms with E-state index in [1.165, 1.54) is 12.1 Å². The van der Waals surface area contributed by atoms with Gasteiger partial charge in [-0.25, -0.2) is 13.8 Å². The highest BCUT2D eigenvalue weighted by molar-refractivity contribution is 5.27. The van der Waals surface area contributed by atoms with Crippen molar-refractivity contribution >= 4 is 0 Å². The first-order chi connectivity index (χ1) is 14.6. The third kappa shape index (κ3) is 4.75. The van der Waals surface area contributed by atoms with E-state index >= 15 is 0 Å². The fourth-order valence-electron chi connectivity index (χ4n) is 4.10. The zero-order valence-corrected chi connectivity index (χ0v) is 16.8. The number of halogens is 2. The van der Waals surface area contributed by atoms with Crippen LogP contribution in [0.3, 0.4) is 0 Å². The largest absolute Gasteiger partial charge is 0.396 e. The summed E-state index contributed by atoms with van der Waals surface area (Å²) in [4.78, 5) is 9.06. The molecule has 1 fully saturated rings. The molecule has 1 N–H and O–H groups in total. The standard InChI is InChI=1S/C23H26F2N4O/c24-21-7-6-18(14-22(21)25)15-28-12-11-27(16-19(28)8-13-30)17-20-4-3-10-29(20)23-5-1-2-9-26-23/h1-7,9-10,14,19,30H,8,11-13,15-17H2/t19-/m1/s1. The van der Waals surface area contributed by atoms with Crippen LogP contribution >= 0.6 is 0 Å². The van der Waals surface area contributed by atoms with E-state index in [0.717, 1.165) is 43.3 Å². The van der Waals surface area contributed by atoms with Gasteiger partial charge < -0.3 is 9.67 Å². The van der Waals surface area contributed by atoms with E-state index < -0.39 is 11.6 Å². The summed E-state index contributed by atoms with van der Waals surface area (Å²) in [6, 6.07) is 14.2. The first-order valence-corrected chi connectivity index (χ1v) is 10.2. The SMILES string of the molecule is OCC[C@@H]1CN(Cc2cccn2-c2ccccn2)CCN1Cc1ccc(F)c(F)c1. The molecular weight excluding hydrogens is 386 g/mol. The molecule has 1 saturated heterocycles. The predicted molar refractivity (Wildman–Crippen MR) is 111 cm³/mol. The lowest BCUT2D eigenvalue weighted by atomic mass is 10.1. The summed E-state index contributed by atoms with van der Waals surface area (Å²) in [6.45, 7) is 3.88. The zero-order valence-electron chi connectivity index (χ0n) is 16.8. The Balaban J connectivity index is 1.43. The number of piperazine rings is 1. The van der Waals surface area contributed by atoms with Crippen LogP contribution in [0.1, 0.15) is 17.7 Å². The monoisotopic (exact) mass is 412 g/mol. The Labute approximate surface area is 175 Å². The second-order valence-electron chi connectivity index (χ2n) is 7.68. The Bertz CT molecular complexity index is 963. The predicted octanol–water partition coefficient (Wildman–Crippen LogP) is 3.22. The molecule has 0 bridgehead atoms. The van der Waals surface area contributed by atoms with Crippen LogP contribution in [0.4, 0.5) is 8.78 Å². The number of hydrogen-bond donors (Lipinski definition) is 1. The number of aromatic nitrogens is 2. The van der Waals surface area contributed by atoms with E-state index in [1.54, 1.807) is 12.3 Å². The molecular formula is C23H26F2N4O. The van der Waals surface area contributed by atoms with E-state index in [2.05, 4.69) is 25.4 Å². The smallest absolute Gasteiger partial charge is 0.159 e. The maximum Gasteiger partial charge on any atom is 0.159 e. The van der Waals surface area contributed by atoms with Crippen molar-refractivity contribution < 1.29 is 13.9 Å². The lowest BCUT2D eigenvalue weighted by Gasteiger charge is -2.41. The second kappa shape index (κ2) is 9.47. The van der Waals surface area contributed by atoms with Crippen LogP contribution in [0.2, 0.25) is 0 Å². The van der Waals surface area contributed by atoms with Crippen molar-refractivity contribution in [2.45, 2.75) is 25.6 Å². The van der Waals surface area contributed by atoms with Crippen LogP contribution in [0.25, 0.3) is 5.82 Å². The Morgan fingerprint density at radius 3 is 2.67 bits per heavy atom. The minimum absolute atomic E-state index is 0.0943. The van der Waals surface area contributed by atoms with E-state index in [4.69, 9.17) is 0 Å². The van der Waals surface area contributed by atoms with Crippen LogP contribution in [0.15, 0.2) is 60.9 Å². The molecule has 1 aliphatic heterocycles. The van der Waals surface area contributed by atoms with Gasteiger partial charge in [0, 0.05) is 63.5 Å². The summed E-state index contributed by atoms with van der Waals surface area (Å²) in [7, 11) is 0. The average Bonchev–Trinajstić information content (AvgIpc) is 3.21. The fraction of sp³-hybridized carbons (Fsp3) is 0.348. The van der Waals surface area contributed by atoms with Crippen LogP contribution in [-0.4, -0.2) is 56.7 Å². The molecule has 4 rings (SSSR count). The molecule has 2 aromatic heterocycles. The first kappa shape index (κ1) is 20.7. The summed E-state index contributed by atoms with van der Waals surface area (Å²) in [6.07, 6.45) is 4.44. The van der Waals surface area contributed by atoms with Gasteiger partial charge in [-0.2, -0.15) is 0 Å². The average molecular weight is 412 g/mol. The number of pyridine rings is 1. The van der Waals surface area contributed by atoms with Crippen molar-refractivity contribution in [3.05, 3.63) is 83.8 Å². The lowest BCUT2D eigenvalue weighted by molar-refractivity contribution is 0.0491. The maximum absolute atomic E-state index is 13.6. The second-order valence-corrected chi connectivity index (χ2v) is 7.68. The molecule has 3 heterocycles. The van der Waals surface area contributed by atoms with Crippen LogP contribution in [-0.2, 0) is 13.1 Å². The van der Waals surface area contributed by atoms with Gasteiger partial charge in [-0.15, -0.1) is 0 Å². The van der Waals surface area contributed by atoms with Gasteiger partial charge in [-0.3, -0.25) is 9.80 Å². The Morgan fingerprint density at radius 1 is 1.00 bits per heavy atom. The van der Waals surface area contributed by atoms with Gasteiger partial charge in [-0.05, 0) is 48.4 Å². The molecule has 7 heteroatoms. The minimum Gasteiger partial charge on any atom is -0.396 e. The van der Waals surface area contributed by atoms with Crippen molar-refractivity contribution in [2.75, 3.05) is 26.2 Å². The fourth-order valence-corrected chi connectivity index (χ4v) is 4.10. The first-order valence-electron chi connectivity index (χ1n) is 10.2. The molecule has 0 spiro atoms. The number of aliphatic hydroxyl groups is 1. The Hall–Kier alpha value is -2.61. The van der Waals surface area contributed by atoms with Crippen molar-refractivity contribution in [1.29, 1.82) is 0 Å². The van der Waals surface area contributed by atoms with E-state index in [1.807, 2.05) is 30.5 Å². The van der Waals surface area contributed by atoms with Gasteiger partial charge in [0.1, 0.15) is 5.82 Å². The van der Waals surface area contributed by atoms with Crippen LogP contribution in [0, 0.1) is 11.6 Å². The molecule has 0 amide bonds. The highest BCUT2D eigenvalue weighted by atomic mass is 19.2. The van der Waals surface area contributed by atoms with Crippen molar-refractivity contribution in [3.63, 3.8) is 0 Å². The maximum atomic E-state index is 13.6. The summed E-state index contributed by atoms with van der Waals surface area (Å²) in [5.41, 5.74) is 1.90. The molecule has 30 heavy (non-hydrogen) atoms. The number of hydrogen-bond acceptors (Lipinski definition) is 4. The molecule has 0 unspecified atom stereocenters. The van der Waals surface area contributed by atoms with E-state index in [9.17, 15) is 13.9 Å². The molecule has 3 aromatic rings. The van der Waals surface area contributed by atoms with Crippen molar-refractivity contribution in [2.24, 2.45) is 0 Å². The van der Waals surface area contributed by atoms with Gasteiger partial charge in [-0.1, -0.05) is 12.1 Å². The normalized spacial score (nSPS) is 18.0. The van der Waals surface area contributed by atoms with Crippen LogP contribution < -0.4 is 0 Å². The topological polar surface area (TPSA) is 44.5 Å². The quantitative estimate of drug-likeness (QED) is 0.647. The molecule has 1 aliphatic rings. The molecule has 0 aliphatic carbocycles. The van der Waals surface area contributed by atoms with Crippen molar-refractivity contribution in [1.82, 2.24) is 19.4 Å². The highest BCUT2D eigenvalue weighted by Gasteiger charge is 2.27. The zero-order chi connectivity index (χ0) is 20.9. The summed E-state index contributed by atoms with van der Waals surface area (Å²) in [5.74, 6) is -0.757. The molecule has 5 nitrogen and oxygen atoms in total. The van der Waals surface area contributed by atoms with Gasteiger partial charge >= 0.3 is 0 Å². The summed E-state index contributed by atoms with van der Waals surface area (Å²) in [5, 5.41) is 9.55. The minimum atomic E-state index is -0.827. The van der Waals surface area contributed by atoms with Gasteiger partial charge in [0.2, 0.25) is 0 Å². The molecule has 1 aromatic carbocycles. The van der Waals surface area contributed by atoms with E-state index in [0.29, 0.717) is 13.0 Å². The number of rotatable bonds is 7. The van der Waals surface area contributed by atoms with Gasteiger partial charge in [0.25, 0.3) is 0 Å². The van der Waals surface area contributed by atoms with Gasteiger partial charge in [0.05, 0.1) is 0 Å². The van der Waals surface area contributed by atoms with Gasteiger partial charge in [0.15, 0.2) is 11.6 Å². The van der Waals surface area contributed by atoms with Crippen molar-refractivity contribution in [3.8, 4) is 5.82 Å². The third-order valence-electron chi connectivity index (χ3n) is 5.64. The lowest BCUT2D eigenvalue weighted by Crippen LogP contribution is -2.52.